The van der Waals surface area contributed by atoms with Crippen molar-refractivity contribution in [3.8, 4) is 5.69 Å². The molecule has 0 N–H and O–H groups in total. The van der Waals surface area contributed by atoms with Crippen LogP contribution in [0.4, 0.5) is 0 Å². The molecule has 0 radical (unpaired) electrons. The third kappa shape index (κ3) is 2.69. The van der Waals surface area contributed by atoms with Gasteiger partial charge in [0, 0.05) is 17.4 Å². The quantitative estimate of drug-likeness (QED) is 0.516. The van der Waals surface area contributed by atoms with Crippen LogP contribution in [0.1, 0.15) is 12.5 Å². The molecular weight excluding hydrogens is 358 g/mol. The summed E-state index contributed by atoms with van der Waals surface area (Å²) >= 11 is 7.63. The van der Waals surface area contributed by atoms with Crippen molar-refractivity contribution >= 4 is 40.0 Å². The highest BCUT2D eigenvalue weighted by Crippen LogP contribution is 2.20. The molecule has 0 saturated carbocycles. The van der Waals surface area contributed by atoms with Gasteiger partial charge in [-0.25, -0.2) is 4.98 Å². The lowest BCUT2D eigenvalue weighted by Crippen LogP contribution is -2.19. The topological polar surface area (TPSA) is 65.1 Å². The van der Waals surface area contributed by atoms with Gasteiger partial charge in [-0.2, -0.15) is 9.50 Å². The van der Waals surface area contributed by atoms with Crippen molar-refractivity contribution in [3.05, 3.63) is 57.6 Å². The van der Waals surface area contributed by atoms with Gasteiger partial charge >= 0.3 is 0 Å². The predicted octanol–water partition coefficient (Wildman–Crippen LogP) is 3.50. The average Bonchev–Trinajstić information content (AvgIpc) is 3.01. The summed E-state index contributed by atoms with van der Waals surface area (Å²) < 4.78 is 3.19. The molecule has 4 aromatic rings. The minimum Gasteiger partial charge on any atom is -0.283 e. The van der Waals surface area contributed by atoms with Gasteiger partial charge in [-0.05, 0) is 36.4 Å². The SMILES string of the molecule is CCSc1nc2ncc3c(=O)n(-c4cc(Cl)ccc4C)ccc3n2n1. The van der Waals surface area contributed by atoms with E-state index in [9.17, 15) is 4.79 Å². The van der Waals surface area contributed by atoms with Crippen LogP contribution in [-0.4, -0.2) is 29.9 Å². The number of nitrogens with zero attached hydrogens (tertiary/aromatic N) is 5. The van der Waals surface area contributed by atoms with Crippen molar-refractivity contribution in [1.82, 2.24) is 24.1 Å². The molecule has 0 spiro atoms. The van der Waals surface area contributed by atoms with E-state index in [0.29, 0.717) is 26.9 Å². The molecule has 0 aliphatic rings. The van der Waals surface area contributed by atoms with Gasteiger partial charge in [0.05, 0.1) is 16.6 Å². The van der Waals surface area contributed by atoms with Gasteiger partial charge < -0.3 is 0 Å². The molecule has 0 aliphatic carbocycles. The Morgan fingerprint density at radius 2 is 2.12 bits per heavy atom. The summed E-state index contributed by atoms with van der Waals surface area (Å²) in [6, 6.07) is 7.32. The lowest BCUT2D eigenvalue weighted by atomic mass is 10.2. The molecule has 8 heteroatoms. The molecule has 3 aromatic heterocycles. The maximum absolute atomic E-state index is 13.0. The van der Waals surface area contributed by atoms with Gasteiger partial charge in [-0.15, -0.1) is 5.10 Å². The van der Waals surface area contributed by atoms with Crippen LogP contribution in [0.3, 0.4) is 0 Å². The average molecular weight is 372 g/mol. The van der Waals surface area contributed by atoms with Crippen molar-refractivity contribution in [2.75, 3.05) is 5.75 Å². The van der Waals surface area contributed by atoms with Gasteiger partial charge in [0.1, 0.15) is 0 Å². The Labute approximate surface area is 152 Å². The molecule has 1 aromatic carbocycles. The van der Waals surface area contributed by atoms with Crippen LogP contribution in [0, 0.1) is 6.92 Å². The molecule has 25 heavy (non-hydrogen) atoms. The third-order valence-corrected chi connectivity index (χ3v) is 4.87. The second-order valence-electron chi connectivity index (χ2n) is 5.52. The number of fused-ring (bicyclic) bond motifs is 3. The number of pyridine rings is 1. The fourth-order valence-electron chi connectivity index (χ4n) is 2.72. The fraction of sp³-hybridized carbons (Fsp3) is 0.176. The van der Waals surface area contributed by atoms with E-state index in [2.05, 4.69) is 15.1 Å². The largest absolute Gasteiger partial charge is 0.283 e. The smallest absolute Gasteiger partial charge is 0.266 e. The molecule has 0 unspecified atom stereocenters. The van der Waals surface area contributed by atoms with E-state index in [1.54, 1.807) is 33.6 Å². The highest BCUT2D eigenvalue weighted by molar-refractivity contribution is 7.99. The summed E-state index contributed by atoms with van der Waals surface area (Å²) in [4.78, 5) is 21.6. The van der Waals surface area contributed by atoms with Crippen LogP contribution in [0.25, 0.3) is 22.4 Å². The number of hydrogen-bond donors (Lipinski definition) is 0. The molecule has 0 bridgehead atoms. The fourth-order valence-corrected chi connectivity index (χ4v) is 3.43. The Morgan fingerprint density at radius 3 is 2.92 bits per heavy atom. The van der Waals surface area contributed by atoms with E-state index in [-0.39, 0.29) is 5.56 Å². The first-order chi connectivity index (χ1) is 12.1. The summed E-state index contributed by atoms with van der Waals surface area (Å²) in [6.07, 6.45) is 3.29. The number of thioether (sulfide) groups is 1. The highest BCUT2D eigenvalue weighted by atomic mass is 35.5. The van der Waals surface area contributed by atoms with Crippen LogP contribution in [0.15, 0.2) is 46.6 Å². The van der Waals surface area contributed by atoms with Crippen molar-refractivity contribution in [1.29, 1.82) is 0 Å². The van der Waals surface area contributed by atoms with E-state index in [4.69, 9.17) is 11.6 Å². The molecule has 0 aliphatic heterocycles. The van der Waals surface area contributed by atoms with Crippen molar-refractivity contribution < 1.29 is 0 Å². The van der Waals surface area contributed by atoms with Gasteiger partial charge in [0.2, 0.25) is 5.16 Å². The van der Waals surface area contributed by atoms with Gasteiger partial charge in [0.15, 0.2) is 0 Å². The molecule has 0 atom stereocenters. The van der Waals surface area contributed by atoms with Crippen LogP contribution >= 0.6 is 23.4 Å². The maximum Gasteiger partial charge on any atom is 0.266 e. The van der Waals surface area contributed by atoms with Crippen LogP contribution in [-0.2, 0) is 0 Å². The number of benzene rings is 1. The zero-order valence-corrected chi connectivity index (χ0v) is 15.2. The second-order valence-corrected chi connectivity index (χ2v) is 7.19. The maximum atomic E-state index is 13.0. The standard InChI is InChI=1S/C17H14ClN5OS/c1-3-25-17-20-16-19-9-12-13(23(16)21-17)6-7-22(15(12)24)14-8-11(18)5-4-10(14)2/h4-9H,3H2,1-2H3. The molecule has 0 amide bonds. The van der Waals surface area contributed by atoms with Crippen molar-refractivity contribution in [3.63, 3.8) is 0 Å². The summed E-state index contributed by atoms with van der Waals surface area (Å²) in [5.74, 6) is 1.36. The molecule has 0 saturated heterocycles. The lowest BCUT2D eigenvalue weighted by Gasteiger charge is -2.10. The Morgan fingerprint density at radius 1 is 1.28 bits per heavy atom. The minimum atomic E-state index is -0.169. The summed E-state index contributed by atoms with van der Waals surface area (Å²) in [5.41, 5.74) is 2.22. The molecule has 4 rings (SSSR count). The molecule has 0 fully saturated rings. The Kier molecular flexibility index (Phi) is 3.97. The van der Waals surface area contributed by atoms with Crippen LogP contribution in [0.2, 0.25) is 5.02 Å². The zero-order valence-electron chi connectivity index (χ0n) is 13.6. The van der Waals surface area contributed by atoms with E-state index < -0.39 is 0 Å². The first-order valence-electron chi connectivity index (χ1n) is 7.75. The normalized spacial score (nSPS) is 11.5. The number of aromatic nitrogens is 5. The summed E-state index contributed by atoms with van der Waals surface area (Å²) in [7, 11) is 0. The van der Waals surface area contributed by atoms with Gasteiger partial charge in [0.25, 0.3) is 11.3 Å². The number of halogens is 1. The van der Waals surface area contributed by atoms with E-state index in [1.807, 2.05) is 26.0 Å². The van der Waals surface area contributed by atoms with E-state index in [0.717, 1.165) is 17.0 Å². The monoisotopic (exact) mass is 371 g/mol. The first kappa shape index (κ1) is 16.1. The third-order valence-electron chi connectivity index (χ3n) is 3.92. The van der Waals surface area contributed by atoms with Crippen LogP contribution in [0.5, 0.6) is 0 Å². The first-order valence-corrected chi connectivity index (χ1v) is 9.11. The highest BCUT2D eigenvalue weighted by Gasteiger charge is 2.13. The van der Waals surface area contributed by atoms with E-state index >= 15 is 0 Å². The number of hydrogen-bond acceptors (Lipinski definition) is 5. The summed E-state index contributed by atoms with van der Waals surface area (Å²) in [5, 5.41) is 6.15. The van der Waals surface area contributed by atoms with Gasteiger partial charge in [-0.3, -0.25) is 9.36 Å². The zero-order chi connectivity index (χ0) is 17.6. The molecule has 3 heterocycles. The van der Waals surface area contributed by atoms with Crippen molar-refractivity contribution in [2.24, 2.45) is 0 Å². The van der Waals surface area contributed by atoms with E-state index in [1.165, 1.54) is 11.8 Å². The Bertz CT molecular complexity index is 1170. The van der Waals surface area contributed by atoms with Gasteiger partial charge in [-0.1, -0.05) is 36.4 Å². The summed E-state index contributed by atoms with van der Waals surface area (Å²) in [6.45, 7) is 3.98. The lowest BCUT2D eigenvalue weighted by molar-refractivity contribution is 0.902. The Hall–Kier alpha value is -2.38. The Balaban J connectivity index is 1.98. The molecular formula is C17H14ClN5OS. The van der Waals surface area contributed by atoms with Crippen molar-refractivity contribution in [2.45, 2.75) is 19.0 Å². The van der Waals surface area contributed by atoms with Crippen LogP contribution < -0.4 is 5.56 Å². The second kappa shape index (κ2) is 6.16. The number of aryl methyl sites for hydroxylation is 1. The molecule has 126 valence electrons. The minimum absolute atomic E-state index is 0.169. The number of rotatable bonds is 3. The molecule has 6 nitrogen and oxygen atoms in total. The predicted molar refractivity (Wildman–Crippen MR) is 100 cm³/mol.